The van der Waals surface area contributed by atoms with Crippen LogP contribution in [0.15, 0.2) is 72.9 Å². The number of amides is 2. The highest BCUT2D eigenvalue weighted by molar-refractivity contribution is 5.99. The van der Waals surface area contributed by atoms with E-state index in [1.165, 1.54) is 5.56 Å². The van der Waals surface area contributed by atoms with Crippen molar-refractivity contribution < 1.29 is 14.3 Å². The smallest absolute Gasteiger partial charge is 0.274 e. The first-order chi connectivity index (χ1) is 15.5. The number of carbonyl (C=O) groups excluding carboxylic acids is 2. The molecule has 1 N–H and O–H groups in total. The minimum Gasteiger partial charge on any atom is -0.472 e. The van der Waals surface area contributed by atoms with E-state index in [0.29, 0.717) is 36.9 Å². The van der Waals surface area contributed by atoms with E-state index in [9.17, 15) is 9.59 Å². The van der Waals surface area contributed by atoms with Crippen molar-refractivity contribution in [3.8, 4) is 5.75 Å². The van der Waals surface area contributed by atoms with Crippen LogP contribution in [0.1, 0.15) is 49.8 Å². The van der Waals surface area contributed by atoms with E-state index in [4.69, 9.17) is 4.74 Å². The fourth-order valence-electron chi connectivity index (χ4n) is 3.73. The van der Waals surface area contributed by atoms with Gasteiger partial charge in [0.1, 0.15) is 0 Å². The molecule has 0 saturated carbocycles. The molecule has 0 bridgehead atoms. The molecule has 1 atom stereocenters. The van der Waals surface area contributed by atoms with Gasteiger partial charge in [0.15, 0.2) is 11.6 Å². The molecular formula is C26H27N3O3. The van der Waals surface area contributed by atoms with Crippen molar-refractivity contribution in [2.24, 2.45) is 0 Å². The van der Waals surface area contributed by atoms with Crippen LogP contribution in [-0.4, -0.2) is 23.3 Å². The van der Waals surface area contributed by atoms with Crippen molar-refractivity contribution in [3.63, 3.8) is 0 Å². The molecule has 0 spiro atoms. The Morgan fingerprint density at radius 3 is 2.53 bits per heavy atom. The fourth-order valence-corrected chi connectivity index (χ4v) is 3.73. The number of nitrogens with one attached hydrogen (secondary N) is 1. The minimum atomic E-state index is -0.721. The molecule has 2 aromatic carbocycles. The summed E-state index contributed by atoms with van der Waals surface area (Å²) in [6.07, 6.45) is 1.73. The monoisotopic (exact) mass is 429 g/mol. The number of aromatic nitrogens is 1. The highest BCUT2D eigenvalue weighted by Crippen LogP contribution is 2.37. The summed E-state index contributed by atoms with van der Waals surface area (Å²) in [5.41, 5.74) is 2.80. The zero-order chi connectivity index (χ0) is 22.5. The molecule has 6 heteroatoms. The summed E-state index contributed by atoms with van der Waals surface area (Å²) >= 11 is 0. The van der Waals surface area contributed by atoms with Gasteiger partial charge >= 0.3 is 0 Å². The summed E-state index contributed by atoms with van der Waals surface area (Å²) in [7, 11) is 0. The third-order valence-electron chi connectivity index (χ3n) is 5.49. The molecule has 0 radical (unpaired) electrons. The second-order valence-electron chi connectivity index (χ2n) is 8.15. The lowest BCUT2D eigenvalue weighted by atomic mass is 10.0. The van der Waals surface area contributed by atoms with Crippen molar-refractivity contribution in [2.75, 3.05) is 16.8 Å². The number of rotatable bonds is 7. The Bertz CT molecular complexity index is 1080. The van der Waals surface area contributed by atoms with Crippen LogP contribution in [-0.2, 0) is 9.59 Å². The lowest BCUT2D eigenvalue weighted by molar-refractivity contribution is -0.127. The van der Waals surface area contributed by atoms with Gasteiger partial charge in [-0.2, -0.15) is 0 Å². The average Bonchev–Trinajstić information content (AvgIpc) is 2.81. The maximum Gasteiger partial charge on any atom is 0.274 e. The van der Waals surface area contributed by atoms with Crippen molar-refractivity contribution in [3.05, 3.63) is 84.1 Å². The number of benzene rings is 2. The van der Waals surface area contributed by atoms with Gasteiger partial charge in [0, 0.05) is 30.4 Å². The molecule has 0 aliphatic carbocycles. The van der Waals surface area contributed by atoms with Gasteiger partial charge in [-0.1, -0.05) is 56.3 Å². The number of hydrogen-bond donors (Lipinski definition) is 1. The highest BCUT2D eigenvalue weighted by atomic mass is 16.5. The van der Waals surface area contributed by atoms with Crippen LogP contribution in [0.4, 0.5) is 11.5 Å². The topological polar surface area (TPSA) is 71.5 Å². The SMILES string of the molecule is CC(C)c1ccc(NC(=O)CCCN2C(=O)[C@H](c3ccccc3)Oc3cccnc32)cc1. The fraction of sp³-hybridized carbons (Fsp3) is 0.269. The molecule has 1 aromatic heterocycles. The molecular weight excluding hydrogens is 402 g/mol. The molecule has 0 saturated heterocycles. The van der Waals surface area contributed by atoms with E-state index >= 15 is 0 Å². The number of fused-ring (bicyclic) bond motifs is 1. The minimum absolute atomic E-state index is 0.0798. The zero-order valence-corrected chi connectivity index (χ0v) is 18.3. The van der Waals surface area contributed by atoms with E-state index < -0.39 is 6.10 Å². The Hall–Kier alpha value is -3.67. The van der Waals surface area contributed by atoms with E-state index in [2.05, 4.69) is 24.1 Å². The van der Waals surface area contributed by atoms with E-state index in [0.717, 1.165) is 11.3 Å². The number of carbonyl (C=O) groups is 2. The van der Waals surface area contributed by atoms with Crippen molar-refractivity contribution in [1.29, 1.82) is 0 Å². The molecule has 32 heavy (non-hydrogen) atoms. The zero-order valence-electron chi connectivity index (χ0n) is 18.3. The molecule has 3 aromatic rings. The summed E-state index contributed by atoms with van der Waals surface area (Å²) in [5.74, 6) is 1.25. The lowest BCUT2D eigenvalue weighted by Crippen LogP contribution is -2.42. The normalized spacial score (nSPS) is 15.3. The maximum atomic E-state index is 13.2. The Morgan fingerprint density at radius 1 is 1.06 bits per heavy atom. The molecule has 164 valence electrons. The number of hydrogen-bond acceptors (Lipinski definition) is 4. The standard InChI is InChI=1S/C26H27N3O3/c1-18(2)19-12-14-21(15-13-19)28-23(30)11-7-17-29-25-22(10-6-16-27-25)32-24(26(29)31)20-8-4-3-5-9-20/h3-6,8-10,12-16,18,24H,7,11,17H2,1-2H3,(H,28,30)/t24-/m0/s1. The molecule has 6 nitrogen and oxygen atoms in total. The van der Waals surface area contributed by atoms with Crippen molar-refractivity contribution in [1.82, 2.24) is 4.98 Å². The van der Waals surface area contributed by atoms with Crippen molar-refractivity contribution in [2.45, 2.75) is 38.7 Å². The van der Waals surface area contributed by atoms with Crippen LogP contribution >= 0.6 is 0 Å². The Morgan fingerprint density at radius 2 is 1.81 bits per heavy atom. The quantitative estimate of drug-likeness (QED) is 0.568. The van der Waals surface area contributed by atoms with Gasteiger partial charge in [-0.25, -0.2) is 4.98 Å². The van der Waals surface area contributed by atoms with Gasteiger partial charge in [0.25, 0.3) is 5.91 Å². The van der Waals surface area contributed by atoms with Gasteiger partial charge in [-0.05, 0) is 42.2 Å². The Labute approximate surface area is 188 Å². The number of pyridine rings is 1. The van der Waals surface area contributed by atoms with Gasteiger partial charge in [0.05, 0.1) is 0 Å². The molecule has 2 amide bonds. The molecule has 1 aliphatic rings. The third kappa shape index (κ3) is 4.80. The van der Waals surface area contributed by atoms with Gasteiger partial charge in [0.2, 0.25) is 12.0 Å². The maximum absolute atomic E-state index is 13.2. The summed E-state index contributed by atoms with van der Waals surface area (Å²) in [5, 5.41) is 2.93. The van der Waals surface area contributed by atoms with Crippen LogP contribution in [0.25, 0.3) is 0 Å². The van der Waals surface area contributed by atoms with Gasteiger partial charge < -0.3 is 10.1 Å². The van der Waals surface area contributed by atoms with Gasteiger partial charge in [-0.15, -0.1) is 0 Å². The molecule has 0 unspecified atom stereocenters. The van der Waals surface area contributed by atoms with E-state index in [1.807, 2.05) is 60.7 Å². The Balaban J connectivity index is 1.40. The van der Waals surface area contributed by atoms with E-state index in [1.54, 1.807) is 17.2 Å². The first kappa shape index (κ1) is 21.6. The summed E-state index contributed by atoms with van der Waals surface area (Å²) in [6.45, 7) is 4.65. The molecule has 2 heterocycles. The van der Waals surface area contributed by atoms with E-state index in [-0.39, 0.29) is 11.8 Å². The number of anilines is 2. The predicted molar refractivity (Wildman–Crippen MR) is 125 cm³/mol. The first-order valence-electron chi connectivity index (χ1n) is 10.9. The highest BCUT2D eigenvalue weighted by Gasteiger charge is 2.36. The molecule has 1 aliphatic heterocycles. The van der Waals surface area contributed by atoms with Crippen LogP contribution in [0.2, 0.25) is 0 Å². The second kappa shape index (κ2) is 9.64. The number of ether oxygens (including phenoxy) is 1. The largest absolute Gasteiger partial charge is 0.472 e. The average molecular weight is 430 g/mol. The lowest BCUT2D eigenvalue weighted by Gasteiger charge is -2.33. The van der Waals surface area contributed by atoms with Crippen LogP contribution in [0.5, 0.6) is 5.75 Å². The summed E-state index contributed by atoms with van der Waals surface area (Å²) in [4.78, 5) is 31.6. The van der Waals surface area contributed by atoms with Crippen LogP contribution < -0.4 is 15.0 Å². The third-order valence-corrected chi connectivity index (χ3v) is 5.49. The number of nitrogens with zero attached hydrogens (tertiary/aromatic N) is 2. The van der Waals surface area contributed by atoms with Gasteiger partial charge in [-0.3, -0.25) is 14.5 Å². The Kier molecular flexibility index (Phi) is 6.50. The van der Waals surface area contributed by atoms with Crippen LogP contribution in [0, 0.1) is 0 Å². The summed E-state index contributed by atoms with van der Waals surface area (Å²) < 4.78 is 5.96. The predicted octanol–water partition coefficient (Wildman–Crippen LogP) is 5.09. The molecule has 4 rings (SSSR count). The molecule has 0 fully saturated rings. The van der Waals surface area contributed by atoms with Crippen LogP contribution in [0.3, 0.4) is 0 Å². The second-order valence-corrected chi connectivity index (χ2v) is 8.15. The van der Waals surface area contributed by atoms with Crippen molar-refractivity contribution >= 4 is 23.3 Å². The first-order valence-corrected chi connectivity index (χ1v) is 10.9. The summed E-state index contributed by atoms with van der Waals surface area (Å²) in [6, 6.07) is 20.9.